The zero-order valence-electron chi connectivity index (χ0n) is 15.0. The number of piperidine rings is 1. The van der Waals surface area contributed by atoms with Crippen molar-refractivity contribution >= 4 is 17.8 Å². The molecular formula is C19H26N2O4. The summed E-state index contributed by atoms with van der Waals surface area (Å²) in [6, 6.07) is 6.50. The van der Waals surface area contributed by atoms with Gasteiger partial charge in [-0.3, -0.25) is 9.59 Å². The second kappa shape index (κ2) is 7.68. The number of nitrogens with zero attached hydrogens (tertiary/aromatic N) is 1. The van der Waals surface area contributed by atoms with Crippen molar-refractivity contribution in [2.45, 2.75) is 51.5 Å². The number of hydrogen-bond acceptors (Lipinski definition) is 3. The number of carboxylic acids is 1. The van der Waals surface area contributed by atoms with Crippen LogP contribution >= 0.6 is 0 Å². The van der Waals surface area contributed by atoms with Crippen molar-refractivity contribution in [2.24, 2.45) is 0 Å². The molecule has 0 aliphatic carbocycles. The average molecular weight is 346 g/mol. The molecule has 0 radical (unpaired) electrons. The van der Waals surface area contributed by atoms with Crippen LogP contribution in [0, 0.1) is 0 Å². The van der Waals surface area contributed by atoms with E-state index in [2.05, 4.69) is 26.1 Å². The predicted molar refractivity (Wildman–Crippen MR) is 94.5 cm³/mol. The molecule has 2 rings (SSSR count). The number of likely N-dealkylation sites (tertiary alicyclic amines) is 1. The number of benzene rings is 1. The highest BCUT2D eigenvalue weighted by atomic mass is 16.4. The maximum atomic E-state index is 12.3. The first kappa shape index (κ1) is 19.0. The van der Waals surface area contributed by atoms with Crippen molar-refractivity contribution in [1.82, 2.24) is 10.2 Å². The molecule has 1 saturated heterocycles. The second-order valence-corrected chi connectivity index (χ2v) is 7.45. The Hall–Kier alpha value is -2.37. The number of amides is 2. The van der Waals surface area contributed by atoms with Gasteiger partial charge in [-0.05, 0) is 42.4 Å². The fourth-order valence-corrected chi connectivity index (χ4v) is 2.97. The molecule has 136 valence electrons. The highest BCUT2D eigenvalue weighted by molar-refractivity contribution is 5.97. The van der Waals surface area contributed by atoms with Gasteiger partial charge < -0.3 is 15.3 Å². The zero-order valence-corrected chi connectivity index (χ0v) is 15.0. The molecule has 1 fully saturated rings. The van der Waals surface area contributed by atoms with Gasteiger partial charge in [0.25, 0.3) is 5.91 Å². The maximum absolute atomic E-state index is 12.3. The molecule has 6 nitrogen and oxygen atoms in total. The quantitative estimate of drug-likeness (QED) is 0.875. The Balaban J connectivity index is 1.94. The Morgan fingerprint density at radius 2 is 1.80 bits per heavy atom. The van der Waals surface area contributed by atoms with E-state index >= 15 is 0 Å². The summed E-state index contributed by atoms with van der Waals surface area (Å²) in [5.41, 5.74) is 1.61. The largest absolute Gasteiger partial charge is 0.480 e. The van der Waals surface area contributed by atoms with Crippen molar-refractivity contribution < 1.29 is 19.5 Å². The van der Waals surface area contributed by atoms with Crippen LogP contribution in [0.15, 0.2) is 24.3 Å². The Kier molecular flexibility index (Phi) is 5.82. The second-order valence-electron chi connectivity index (χ2n) is 7.45. The molecule has 6 heteroatoms. The van der Waals surface area contributed by atoms with Crippen LogP contribution in [-0.4, -0.2) is 46.9 Å². The van der Waals surface area contributed by atoms with Crippen LogP contribution in [0.25, 0.3) is 0 Å². The molecule has 1 aromatic carbocycles. The number of aliphatic carboxylic acids is 1. The lowest BCUT2D eigenvalue weighted by molar-refractivity contribution is -0.151. The third-order valence-electron chi connectivity index (χ3n) is 4.52. The zero-order chi connectivity index (χ0) is 18.6. The Morgan fingerprint density at radius 3 is 2.36 bits per heavy atom. The minimum atomic E-state index is -0.989. The van der Waals surface area contributed by atoms with Crippen molar-refractivity contribution in [3.05, 3.63) is 35.4 Å². The third kappa shape index (κ3) is 4.81. The molecule has 0 aromatic heterocycles. The molecule has 0 unspecified atom stereocenters. The van der Waals surface area contributed by atoms with E-state index in [1.54, 1.807) is 12.1 Å². The van der Waals surface area contributed by atoms with E-state index < -0.39 is 12.0 Å². The summed E-state index contributed by atoms with van der Waals surface area (Å²) in [4.78, 5) is 37.1. The van der Waals surface area contributed by atoms with Crippen LogP contribution in [0.4, 0.5) is 0 Å². The Bertz CT molecular complexity index is 646. The lowest BCUT2D eigenvalue weighted by Gasteiger charge is -2.33. The van der Waals surface area contributed by atoms with Crippen LogP contribution in [0.3, 0.4) is 0 Å². The Morgan fingerprint density at radius 1 is 1.16 bits per heavy atom. The lowest BCUT2D eigenvalue weighted by Crippen LogP contribution is -2.51. The number of carbonyl (C=O) groups is 3. The molecule has 1 aliphatic heterocycles. The fraction of sp³-hybridized carbons (Fsp3) is 0.526. The van der Waals surface area contributed by atoms with Crippen molar-refractivity contribution in [1.29, 1.82) is 0 Å². The van der Waals surface area contributed by atoms with Crippen LogP contribution in [0.1, 0.15) is 56.0 Å². The first-order valence-electron chi connectivity index (χ1n) is 8.61. The maximum Gasteiger partial charge on any atom is 0.326 e. The van der Waals surface area contributed by atoms with Crippen LogP contribution in [0.5, 0.6) is 0 Å². The molecule has 0 bridgehead atoms. The molecule has 1 aliphatic rings. The van der Waals surface area contributed by atoms with Gasteiger partial charge in [-0.25, -0.2) is 4.79 Å². The minimum absolute atomic E-state index is 0.00504. The van der Waals surface area contributed by atoms with Gasteiger partial charge >= 0.3 is 5.97 Å². The first-order valence-corrected chi connectivity index (χ1v) is 8.61. The van der Waals surface area contributed by atoms with E-state index in [0.717, 1.165) is 18.4 Å². The van der Waals surface area contributed by atoms with E-state index in [1.807, 2.05) is 12.1 Å². The number of carboxylic acid groups (broad SMARTS) is 1. The summed E-state index contributed by atoms with van der Waals surface area (Å²) in [6.07, 6.45) is 2.05. The van der Waals surface area contributed by atoms with E-state index in [0.29, 0.717) is 18.5 Å². The van der Waals surface area contributed by atoms with E-state index in [-0.39, 0.29) is 23.8 Å². The minimum Gasteiger partial charge on any atom is -0.480 e. The van der Waals surface area contributed by atoms with Crippen molar-refractivity contribution in [3.63, 3.8) is 0 Å². The summed E-state index contributed by atoms with van der Waals surface area (Å²) in [6.45, 7) is 6.52. The van der Waals surface area contributed by atoms with Crippen LogP contribution in [0.2, 0.25) is 0 Å². The smallest absolute Gasteiger partial charge is 0.326 e. The topological polar surface area (TPSA) is 86.7 Å². The van der Waals surface area contributed by atoms with Gasteiger partial charge in [0.1, 0.15) is 6.04 Å². The molecule has 25 heavy (non-hydrogen) atoms. The molecule has 2 N–H and O–H groups in total. The number of nitrogens with one attached hydrogen (secondary N) is 1. The summed E-state index contributed by atoms with van der Waals surface area (Å²) >= 11 is 0. The summed E-state index contributed by atoms with van der Waals surface area (Å²) in [5, 5.41) is 11.8. The van der Waals surface area contributed by atoms with Gasteiger partial charge in [0, 0.05) is 12.1 Å². The van der Waals surface area contributed by atoms with E-state index in [9.17, 15) is 19.5 Å². The molecule has 0 saturated carbocycles. The van der Waals surface area contributed by atoms with Gasteiger partial charge in [0.2, 0.25) is 5.91 Å². The number of carbonyl (C=O) groups excluding carboxylic acids is 2. The van der Waals surface area contributed by atoms with Gasteiger partial charge in [0.05, 0.1) is 6.54 Å². The predicted octanol–water partition coefficient (Wildman–Crippen LogP) is 2.18. The normalized spacial score (nSPS) is 17.9. The molecule has 1 atom stereocenters. The molecular weight excluding hydrogens is 320 g/mol. The standard InChI is InChI=1S/C19H26N2O4/c1-19(2,3)14-9-7-13(8-10-14)17(23)20-12-16(22)21-11-5-4-6-15(21)18(24)25/h7-10,15H,4-6,11-12H2,1-3H3,(H,20,23)(H,24,25)/t15-/m1/s1. The van der Waals surface area contributed by atoms with Crippen molar-refractivity contribution in [2.75, 3.05) is 13.1 Å². The van der Waals surface area contributed by atoms with E-state index in [4.69, 9.17) is 0 Å². The molecule has 0 spiro atoms. The third-order valence-corrected chi connectivity index (χ3v) is 4.52. The Labute approximate surface area is 148 Å². The van der Waals surface area contributed by atoms with Crippen LogP contribution in [-0.2, 0) is 15.0 Å². The molecule has 2 amide bonds. The van der Waals surface area contributed by atoms with Gasteiger partial charge in [-0.1, -0.05) is 32.9 Å². The summed E-state index contributed by atoms with van der Waals surface area (Å²) in [5.74, 6) is -1.68. The molecule has 1 heterocycles. The fourth-order valence-electron chi connectivity index (χ4n) is 2.97. The van der Waals surface area contributed by atoms with E-state index in [1.165, 1.54) is 4.90 Å². The molecule has 1 aromatic rings. The SMILES string of the molecule is CC(C)(C)c1ccc(C(=O)NCC(=O)N2CCCC[C@@H]2C(=O)O)cc1. The summed E-state index contributed by atoms with van der Waals surface area (Å²) < 4.78 is 0. The lowest BCUT2D eigenvalue weighted by atomic mass is 9.87. The highest BCUT2D eigenvalue weighted by Gasteiger charge is 2.31. The van der Waals surface area contributed by atoms with Crippen molar-refractivity contribution in [3.8, 4) is 0 Å². The summed E-state index contributed by atoms with van der Waals surface area (Å²) in [7, 11) is 0. The first-order chi connectivity index (χ1) is 11.7. The van der Waals surface area contributed by atoms with Gasteiger partial charge in [-0.2, -0.15) is 0 Å². The monoisotopic (exact) mass is 346 g/mol. The number of hydrogen-bond donors (Lipinski definition) is 2. The number of rotatable bonds is 4. The van der Waals surface area contributed by atoms with Crippen LogP contribution < -0.4 is 5.32 Å². The van der Waals surface area contributed by atoms with Gasteiger partial charge in [0.15, 0.2) is 0 Å². The van der Waals surface area contributed by atoms with Gasteiger partial charge in [-0.15, -0.1) is 0 Å². The average Bonchev–Trinajstić information content (AvgIpc) is 2.58. The highest BCUT2D eigenvalue weighted by Crippen LogP contribution is 2.22.